The lowest BCUT2D eigenvalue weighted by Gasteiger charge is -2.02. The number of nitrogens with one attached hydrogen (secondary N) is 2. The smallest absolute Gasteiger partial charge is 0.273 e. The number of carbonyl (C=O) groups excluding carboxylic acids is 1. The Bertz CT molecular complexity index is 1100. The number of aromatic amines is 1. The lowest BCUT2D eigenvalue weighted by molar-refractivity contribution is 0.102. The van der Waals surface area contributed by atoms with Crippen LogP contribution in [0.15, 0.2) is 52.9 Å². The molecule has 0 saturated carbocycles. The zero-order chi connectivity index (χ0) is 18.1. The van der Waals surface area contributed by atoms with Crippen molar-refractivity contribution in [1.29, 1.82) is 0 Å². The summed E-state index contributed by atoms with van der Waals surface area (Å²) in [6.07, 6.45) is 0.719. The molecule has 4 rings (SSSR count). The van der Waals surface area contributed by atoms with Crippen LogP contribution in [0.3, 0.4) is 0 Å². The van der Waals surface area contributed by atoms with Gasteiger partial charge in [0.2, 0.25) is 0 Å². The van der Waals surface area contributed by atoms with E-state index in [2.05, 4.69) is 20.5 Å². The van der Waals surface area contributed by atoms with Gasteiger partial charge in [0.1, 0.15) is 11.2 Å². The van der Waals surface area contributed by atoms with Crippen molar-refractivity contribution in [3.05, 3.63) is 65.1 Å². The first kappa shape index (κ1) is 16.4. The van der Waals surface area contributed by atoms with Gasteiger partial charge in [-0.3, -0.25) is 9.89 Å². The van der Waals surface area contributed by atoms with E-state index in [0.717, 1.165) is 12.0 Å². The molecular formula is C19H15ClN4O2. The average Bonchev–Trinajstić information content (AvgIpc) is 3.28. The van der Waals surface area contributed by atoms with Crippen molar-refractivity contribution in [2.75, 3.05) is 5.32 Å². The maximum atomic E-state index is 12.5. The molecule has 2 heterocycles. The van der Waals surface area contributed by atoms with E-state index >= 15 is 0 Å². The Balaban J connectivity index is 1.55. The second kappa shape index (κ2) is 6.65. The zero-order valence-corrected chi connectivity index (χ0v) is 14.7. The van der Waals surface area contributed by atoms with E-state index in [1.54, 1.807) is 36.4 Å². The molecule has 26 heavy (non-hydrogen) atoms. The number of benzene rings is 2. The number of oxazole rings is 1. The average molecular weight is 367 g/mol. The van der Waals surface area contributed by atoms with Crippen LogP contribution in [0.25, 0.3) is 22.4 Å². The van der Waals surface area contributed by atoms with Gasteiger partial charge in [-0.15, -0.1) is 0 Å². The number of rotatable bonds is 4. The van der Waals surface area contributed by atoms with Crippen molar-refractivity contribution in [2.24, 2.45) is 0 Å². The van der Waals surface area contributed by atoms with Gasteiger partial charge in [-0.2, -0.15) is 5.10 Å². The van der Waals surface area contributed by atoms with Gasteiger partial charge in [0.25, 0.3) is 5.91 Å². The molecule has 0 spiro atoms. The molecule has 0 atom stereocenters. The van der Waals surface area contributed by atoms with E-state index in [1.165, 1.54) is 0 Å². The number of halogens is 1. The Morgan fingerprint density at radius 3 is 2.92 bits per heavy atom. The molecule has 1 amide bonds. The lowest BCUT2D eigenvalue weighted by atomic mass is 10.1. The summed E-state index contributed by atoms with van der Waals surface area (Å²) in [5, 5.41) is 10.4. The molecule has 0 aliphatic heterocycles. The Morgan fingerprint density at radius 1 is 1.23 bits per heavy atom. The van der Waals surface area contributed by atoms with Gasteiger partial charge in [0.15, 0.2) is 11.5 Å². The van der Waals surface area contributed by atoms with Crippen molar-refractivity contribution in [3.63, 3.8) is 0 Å². The number of aromatic nitrogens is 3. The van der Waals surface area contributed by atoms with Crippen LogP contribution in [0.4, 0.5) is 5.69 Å². The summed E-state index contributed by atoms with van der Waals surface area (Å²) in [6, 6.07) is 14.3. The Labute approximate surface area is 154 Å². The molecule has 0 unspecified atom stereocenters. The van der Waals surface area contributed by atoms with Crippen molar-refractivity contribution in [2.45, 2.75) is 13.3 Å². The van der Waals surface area contributed by atoms with Crippen molar-refractivity contribution in [1.82, 2.24) is 15.2 Å². The van der Waals surface area contributed by atoms with Crippen LogP contribution >= 0.6 is 11.6 Å². The first-order valence-corrected chi connectivity index (χ1v) is 8.52. The number of hydrogen-bond acceptors (Lipinski definition) is 4. The van der Waals surface area contributed by atoms with Crippen LogP contribution in [-0.2, 0) is 6.42 Å². The highest BCUT2D eigenvalue weighted by Crippen LogP contribution is 2.23. The van der Waals surface area contributed by atoms with Gasteiger partial charge in [0, 0.05) is 22.7 Å². The second-order valence-electron chi connectivity index (χ2n) is 5.77. The van der Waals surface area contributed by atoms with Crippen LogP contribution < -0.4 is 5.32 Å². The molecule has 0 aliphatic rings. The fraction of sp³-hybridized carbons (Fsp3) is 0.105. The predicted molar refractivity (Wildman–Crippen MR) is 100 cm³/mol. The van der Waals surface area contributed by atoms with Gasteiger partial charge >= 0.3 is 0 Å². The van der Waals surface area contributed by atoms with E-state index in [1.807, 2.05) is 19.1 Å². The summed E-state index contributed by atoms with van der Waals surface area (Å²) < 4.78 is 5.57. The highest BCUT2D eigenvalue weighted by molar-refractivity contribution is 6.30. The highest BCUT2D eigenvalue weighted by Gasteiger charge is 2.13. The molecule has 0 saturated heterocycles. The molecule has 6 nitrogen and oxygen atoms in total. The predicted octanol–water partition coefficient (Wildman–Crippen LogP) is 4.69. The maximum Gasteiger partial charge on any atom is 0.273 e. The Morgan fingerprint density at radius 2 is 2.12 bits per heavy atom. The first-order valence-electron chi connectivity index (χ1n) is 8.14. The van der Waals surface area contributed by atoms with Crippen LogP contribution in [0, 0.1) is 0 Å². The largest absolute Gasteiger partial charge is 0.441 e. The van der Waals surface area contributed by atoms with Gasteiger partial charge in [-0.25, -0.2) is 4.98 Å². The SMILES string of the molecule is CCc1nc2cc(NC(=O)c3cc(-c4cccc(Cl)c4)n[nH]3)ccc2o1. The summed E-state index contributed by atoms with van der Waals surface area (Å²) in [7, 11) is 0. The van der Waals surface area contributed by atoms with E-state index in [0.29, 0.717) is 39.1 Å². The molecule has 130 valence electrons. The summed E-state index contributed by atoms with van der Waals surface area (Å²) in [6.45, 7) is 1.98. The Hall–Kier alpha value is -3.12. The molecule has 0 aliphatic carbocycles. The van der Waals surface area contributed by atoms with Gasteiger partial charge in [-0.1, -0.05) is 30.7 Å². The molecule has 0 fully saturated rings. The minimum Gasteiger partial charge on any atom is -0.441 e. The lowest BCUT2D eigenvalue weighted by Crippen LogP contribution is -2.12. The van der Waals surface area contributed by atoms with Crippen LogP contribution in [0.1, 0.15) is 23.3 Å². The number of anilines is 1. The second-order valence-corrected chi connectivity index (χ2v) is 6.21. The van der Waals surface area contributed by atoms with E-state index < -0.39 is 0 Å². The highest BCUT2D eigenvalue weighted by atomic mass is 35.5. The third kappa shape index (κ3) is 3.19. The topological polar surface area (TPSA) is 83.8 Å². The number of fused-ring (bicyclic) bond motifs is 1. The quantitative estimate of drug-likeness (QED) is 0.549. The zero-order valence-electron chi connectivity index (χ0n) is 13.9. The van der Waals surface area contributed by atoms with Gasteiger partial charge in [0.05, 0.1) is 5.69 Å². The van der Waals surface area contributed by atoms with Crippen molar-refractivity contribution >= 4 is 34.3 Å². The van der Waals surface area contributed by atoms with E-state index in [4.69, 9.17) is 16.0 Å². The molecule has 0 bridgehead atoms. The molecular weight excluding hydrogens is 352 g/mol. The minimum atomic E-state index is -0.288. The standard InChI is InChI=1S/C19H15ClN4O2/c1-2-18-22-15-9-13(6-7-17(15)26-18)21-19(25)16-10-14(23-24-16)11-4-3-5-12(20)8-11/h3-10H,2H2,1H3,(H,21,25)(H,23,24). The number of carbonyl (C=O) groups is 1. The Kier molecular flexibility index (Phi) is 4.18. The van der Waals surface area contributed by atoms with Crippen molar-refractivity contribution in [3.8, 4) is 11.3 Å². The number of amides is 1. The fourth-order valence-corrected chi connectivity index (χ4v) is 2.83. The molecule has 0 radical (unpaired) electrons. The summed E-state index contributed by atoms with van der Waals surface area (Å²) in [4.78, 5) is 16.8. The monoisotopic (exact) mass is 366 g/mol. The van der Waals surface area contributed by atoms with Crippen molar-refractivity contribution < 1.29 is 9.21 Å². The molecule has 2 N–H and O–H groups in total. The number of nitrogens with zero attached hydrogens (tertiary/aromatic N) is 2. The van der Waals surface area contributed by atoms with Gasteiger partial charge in [-0.05, 0) is 36.4 Å². The third-order valence-corrected chi connectivity index (χ3v) is 4.17. The minimum absolute atomic E-state index is 0.288. The number of H-pyrrole nitrogens is 1. The molecule has 7 heteroatoms. The van der Waals surface area contributed by atoms with E-state index in [9.17, 15) is 4.79 Å². The maximum absolute atomic E-state index is 12.5. The third-order valence-electron chi connectivity index (χ3n) is 3.94. The molecule has 2 aromatic heterocycles. The summed E-state index contributed by atoms with van der Waals surface area (Å²) in [5.41, 5.74) is 3.89. The van der Waals surface area contributed by atoms with Crippen LogP contribution in [-0.4, -0.2) is 21.1 Å². The summed E-state index contributed by atoms with van der Waals surface area (Å²) >= 11 is 6.00. The fourth-order valence-electron chi connectivity index (χ4n) is 2.64. The molecule has 4 aromatic rings. The van der Waals surface area contributed by atoms with E-state index in [-0.39, 0.29) is 5.91 Å². The molecule has 2 aromatic carbocycles. The van der Waals surface area contributed by atoms with Gasteiger partial charge < -0.3 is 9.73 Å². The normalized spacial score (nSPS) is 11.0. The number of hydrogen-bond donors (Lipinski definition) is 2. The van der Waals surface area contributed by atoms with Crippen LogP contribution in [0.5, 0.6) is 0 Å². The first-order chi connectivity index (χ1) is 12.6. The summed E-state index contributed by atoms with van der Waals surface area (Å²) in [5.74, 6) is 0.382. The van der Waals surface area contributed by atoms with Crippen LogP contribution in [0.2, 0.25) is 5.02 Å². The number of aryl methyl sites for hydroxylation is 1.